The molecular formula is C13H16F4N2. The van der Waals surface area contributed by atoms with Gasteiger partial charge in [0.15, 0.2) is 0 Å². The van der Waals surface area contributed by atoms with Gasteiger partial charge in [-0.15, -0.1) is 0 Å². The van der Waals surface area contributed by atoms with E-state index in [1.54, 1.807) is 0 Å². The second-order valence-electron chi connectivity index (χ2n) is 4.69. The van der Waals surface area contributed by atoms with Gasteiger partial charge in [0, 0.05) is 24.7 Å². The topological polar surface area (TPSA) is 24.1 Å². The van der Waals surface area contributed by atoms with E-state index in [1.807, 2.05) is 24.3 Å². The number of rotatable bonds is 5. The largest absolute Gasteiger partial charge is 0.385 e. The first-order valence-corrected chi connectivity index (χ1v) is 6.20. The van der Waals surface area contributed by atoms with Crippen LogP contribution in [-0.2, 0) is 0 Å². The van der Waals surface area contributed by atoms with Crippen LogP contribution in [0.4, 0.5) is 23.2 Å². The van der Waals surface area contributed by atoms with E-state index in [1.165, 1.54) is 0 Å². The van der Waals surface area contributed by atoms with E-state index in [0.717, 1.165) is 24.2 Å². The Balaban J connectivity index is 1.91. The molecule has 0 saturated heterocycles. The fourth-order valence-electron chi connectivity index (χ4n) is 2.25. The SMILES string of the molecule is FC(F)C(F)(F)CNCC1CCNc2ccccc21. The molecule has 106 valence electrons. The lowest BCUT2D eigenvalue weighted by molar-refractivity contribution is -0.125. The Hall–Kier alpha value is -1.30. The van der Waals surface area contributed by atoms with E-state index >= 15 is 0 Å². The van der Waals surface area contributed by atoms with Crippen LogP contribution in [0.1, 0.15) is 17.9 Å². The lowest BCUT2D eigenvalue weighted by Gasteiger charge is -2.27. The van der Waals surface area contributed by atoms with E-state index in [4.69, 9.17) is 0 Å². The normalized spacial score (nSPS) is 19.1. The number of fused-ring (bicyclic) bond motifs is 1. The maximum atomic E-state index is 12.8. The molecular weight excluding hydrogens is 260 g/mol. The first kappa shape index (κ1) is 14.1. The molecule has 1 aromatic carbocycles. The first-order chi connectivity index (χ1) is 9.00. The Labute approximate surface area is 109 Å². The molecule has 2 rings (SSSR count). The third-order valence-corrected chi connectivity index (χ3v) is 3.28. The van der Waals surface area contributed by atoms with Crippen molar-refractivity contribution in [1.82, 2.24) is 5.32 Å². The van der Waals surface area contributed by atoms with Gasteiger partial charge in [0.2, 0.25) is 0 Å². The van der Waals surface area contributed by atoms with Crippen molar-refractivity contribution in [3.8, 4) is 0 Å². The fourth-order valence-corrected chi connectivity index (χ4v) is 2.25. The average molecular weight is 276 g/mol. The molecule has 1 aliphatic heterocycles. The Morgan fingerprint density at radius 1 is 1.32 bits per heavy atom. The zero-order chi connectivity index (χ0) is 13.9. The van der Waals surface area contributed by atoms with E-state index in [2.05, 4.69) is 10.6 Å². The summed E-state index contributed by atoms with van der Waals surface area (Å²) in [5, 5.41) is 5.68. The number of alkyl halides is 4. The zero-order valence-electron chi connectivity index (χ0n) is 10.3. The summed E-state index contributed by atoms with van der Waals surface area (Å²) in [5.41, 5.74) is 2.03. The molecule has 2 nitrogen and oxygen atoms in total. The number of halogens is 4. The lowest BCUT2D eigenvalue weighted by Crippen LogP contribution is -2.40. The summed E-state index contributed by atoms with van der Waals surface area (Å²) < 4.78 is 49.6. The van der Waals surface area contributed by atoms with Crippen LogP contribution < -0.4 is 10.6 Å². The Morgan fingerprint density at radius 3 is 2.79 bits per heavy atom. The van der Waals surface area contributed by atoms with E-state index < -0.39 is 18.9 Å². The first-order valence-electron chi connectivity index (χ1n) is 6.20. The fraction of sp³-hybridized carbons (Fsp3) is 0.538. The third kappa shape index (κ3) is 3.37. The molecule has 0 saturated carbocycles. The number of hydrogen-bond donors (Lipinski definition) is 2. The van der Waals surface area contributed by atoms with Gasteiger partial charge in [0.1, 0.15) is 0 Å². The minimum absolute atomic E-state index is 0.0749. The predicted octanol–water partition coefficient (Wildman–Crippen LogP) is 3.08. The van der Waals surface area contributed by atoms with Crippen molar-refractivity contribution in [3.05, 3.63) is 29.8 Å². The van der Waals surface area contributed by atoms with Crippen LogP contribution in [0, 0.1) is 0 Å². The van der Waals surface area contributed by atoms with Crippen LogP contribution >= 0.6 is 0 Å². The van der Waals surface area contributed by atoms with Gasteiger partial charge in [-0.3, -0.25) is 0 Å². The summed E-state index contributed by atoms with van der Waals surface area (Å²) in [6, 6.07) is 7.63. The highest BCUT2D eigenvalue weighted by molar-refractivity contribution is 5.54. The zero-order valence-corrected chi connectivity index (χ0v) is 10.3. The van der Waals surface area contributed by atoms with Gasteiger partial charge in [0.05, 0.1) is 6.54 Å². The molecule has 1 aliphatic rings. The van der Waals surface area contributed by atoms with Crippen molar-refractivity contribution >= 4 is 5.69 Å². The van der Waals surface area contributed by atoms with Crippen LogP contribution in [0.2, 0.25) is 0 Å². The summed E-state index contributed by atoms with van der Waals surface area (Å²) in [4.78, 5) is 0. The number of anilines is 1. The second kappa shape index (κ2) is 5.77. The van der Waals surface area contributed by atoms with Crippen molar-refractivity contribution in [1.29, 1.82) is 0 Å². The van der Waals surface area contributed by atoms with Crippen LogP contribution in [0.3, 0.4) is 0 Å². The summed E-state index contributed by atoms with van der Waals surface area (Å²) in [6.45, 7) is 0.0480. The second-order valence-corrected chi connectivity index (χ2v) is 4.69. The molecule has 0 bridgehead atoms. The molecule has 1 heterocycles. The molecule has 1 atom stereocenters. The monoisotopic (exact) mass is 276 g/mol. The van der Waals surface area contributed by atoms with Gasteiger partial charge in [0.25, 0.3) is 0 Å². The summed E-state index contributed by atoms with van der Waals surface area (Å²) >= 11 is 0. The smallest absolute Gasteiger partial charge is 0.319 e. The van der Waals surface area contributed by atoms with Crippen molar-refractivity contribution in [2.45, 2.75) is 24.7 Å². The third-order valence-electron chi connectivity index (χ3n) is 3.28. The molecule has 0 spiro atoms. The van der Waals surface area contributed by atoms with Crippen molar-refractivity contribution in [2.75, 3.05) is 25.0 Å². The number of benzene rings is 1. The van der Waals surface area contributed by atoms with Gasteiger partial charge in [-0.25, -0.2) is 8.78 Å². The van der Waals surface area contributed by atoms with Crippen molar-refractivity contribution < 1.29 is 17.6 Å². The minimum Gasteiger partial charge on any atom is -0.385 e. The van der Waals surface area contributed by atoms with E-state index in [-0.39, 0.29) is 12.5 Å². The van der Waals surface area contributed by atoms with Gasteiger partial charge >= 0.3 is 12.3 Å². The van der Waals surface area contributed by atoms with Crippen LogP contribution in [0.15, 0.2) is 24.3 Å². The van der Waals surface area contributed by atoms with Gasteiger partial charge in [-0.2, -0.15) is 8.78 Å². The molecule has 0 radical (unpaired) electrons. The molecule has 1 unspecified atom stereocenters. The Kier molecular flexibility index (Phi) is 4.29. The Morgan fingerprint density at radius 2 is 2.05 bits per heavy atom. The minimum atomic E-state index is -3.97. The van der Waals surface area contributed by atoms with E-state index in [9.17, 15) is 17.6 Å². The summed E-state index contributed by atoms with van der Waals surface area (Å²) in [5.74, 6) is -3.89. The molecule has 0 aromatic heterocycles. The molecule has 0 amide bonds. The molecule has 2 N–H and O–H groups in total. The van der Waals surface area contributed by atoms with Crippen molar-refractivity contribution in [2.24, 2.45) is 0 Å². The maximum absolute atomic E-state index is 12.8. The quantitative estimate of drug-likeness (QED) is 0.808. The highest BCUT2D eigenvalue weighted by Crippen LogP contribution is 2.31. The number of hydrogen-bond acceptors (Lipinski definition) is 2. The summed E-state index contributed by atoms with van der Waals surface area (Å²) in [6.07, 6.45) is -2.83. The highest BCUT2D eigenvalue weighted by Gasteiger charge is 2.40. The molecule has 0 aliphatic carbocycles. The van der Waals surface area contributed by atoms with Crippen LogP contribution in [0.25, 0.3) is 0 Å². The number of nitrogens with one attached hydrogen (secondary N) is 2. The van der Waals surface area contributed by atoms with E-state index in [0.29, 0.717) is 0 Å². The average Bonchev–Trinajstić information content (AvgIpc) is 2.38. The molecule has 6 heteroatoms. The molecule has 1 aromatic rings. The van der Waals surface area contributed by atoms with Gasteiger partial charge in [-0.1, -0.05) is 18.2 Å². The lowest BCUT2D eigenvalue weighted by atomic mass is 9.91. The predicted molar refractivity (Wildman–Crippen MR) is 66.1 cm³/mol. The highest BCUT2D eigenvalue weighted by atomic mass is 19.3. The maximum Gasteiger partial charge on any atom is 0.319 e. The van der Waals surface area contributed by atoms with Gasteiger partial charge < -0.3 is 10.6 Å². The van der Waals surface area contributed by atoms with Crippen molar-refractivity contribution in [3.63, 3.8) is 0 Å². The summed E-state index contributed by atoms with van der Waals surface area (Å²) in [7, 11) is 0. The number of para-hydroxylation sites is 1. The Bertz CT molecular complexity index is 423. The standard InChI is InChI=1S/C13H16F4N2/c14-12(15)13(16,17)8-18-7-9-5-6-19-11-4-2-1-3-10(9)11/h1-4,9,12,18-19H,5-8H2. The van der Waals surface area contributed by atoms with Gasteiger partial charge in [-0.05, 0) is 18.1 Å². The molecule has 0 fully saturated rings. The molecule has 19 heavy (non-hydrogen) atoms. The van der Waals surface area contributed by atoms with Crippen LogP contribution in [-0.4, -0.2) is 32.0 Å². The van der Waals surface area contributed by atoms with Crippen LogP contribution in [0.5, 0.6) is 0 Å².